The van der Waals surface area contributed by atoms with Crippen LogP contribution in [0.1, 0.15) is 18.4 Å². The molecule has 90 valence electrons. The number of rotatable bonds is 5. The van der Waals surface area contributed by atoms with Crippen LogP contribution in [0.2, 0.25) is 0 Å². The number of anilines is 1. The molecule has 0 aliphatic rings. The second kappa shape index (κ2) is 6.51. The quantitative estimate of drug-likeness (QED) is 0.446. The molecule has 0 spiro atoms. The van der Waals surface area contributed by atoms with Crippen molar-refractivity contribution >= 4 is 11.6 Å². The molecule has 0 aromatic heterocycles. The molecule has 3 N–H and O–H groups in total. The zero-order chi connectivity index (χ0) is 12.7. The van der Waals surface area contributed by atoms with Crippen LogP contribution >= 0.6 is 0 Å². The predicted octanol–water partition coefficient (Wildman–Crippen LogP) is 0.765. The molecule has 1 aromatic rings. The maximum atomic E-state index is 10.9. The van der Waals surface area contributed by atoms with Crippen molar-refractivity contribution in [2.45, 2.75) is 12.8 Å². The van der Waals surface area contributed by atoms with Crippen LogP contribution < -0.4 is 16.2 Å². The van der Waals surface area contributed by atoms with Crippen LogP contribution in [-0.2, 0) is 4.79 Å². The summed E-state index contributed by atoms with van der Waals surface area (Å²) in [6.45, 7) is 0.763. The first-order valence-electron chi connectivity index (χ1n) is 5.38. The lowest BCUT2D eigenvalue weighted by atomic mass is 10.2. The average Bonchev–Trinajstić information content (AvgIpc) is 2.38. The Balaban J connectivity index is 2.44. The van der Waals surface area contributed by atoms with Crippen LogP contribution in [0.5, 0.6) is 0 Å². The van der Waals surface area contributed by atoms with Gasteiger partial charge in [0.1, 0.15) is 0 Å². The summed E-state index contributed by atoms with van der Waals surface area (Å²) < 4.78 is 0. The number of nitrogens with one attached hydrogen (secondary N) is 1. The fourth-order valence-corrected chi connectivity index (χ4v) is 1.47. The molecule has 0 aliphatic carbocycles. The first-order valence-corrected chi connectivity index (χ1v) is 5.38. The van der Waals surface area contributed by atoms with Gasteiger partial charge in [0.25, 0.3) is 0 Å². The van der Waals surface area contributed by atoms with E-state index in [1.807, 2.05) is 24.1 Å². The third kappa shape index (κ3) is 4.13. The lowest BCUT2D eigenvalue weighted by Gasteiger charge is -2.18. The van der Waals surface area contributed by atoms with E-state index >= 15 is 0 Å². The number of hydrogen-bond donors (Lipinski definition) is 2. The third-order valence-corrected chi connectivity index (χ3v) is 2.50. The van der Waals surface area contributed by atoms with Crippen molar-refractivity contribution in [3.05, 3.63) is 29.8 Å². The summed E-state index contributed by atoms with van der Waals surface area (Å²) in [6, 6.07) is 9.41. The lowest BCUT2D eigenvalue weighted by molar-refractivity contribution is -0.121. The molecule has 1 rings (SSSR count). The van der Waals surface area contributed by atoms with Gasteiger partial charge in [-0.1, -0.05) is 0 Å². The number of carbonyl (C=O) groups is 1. The largest absolute Gasteiger partial charge is 0.375 e. The van der Waals surface area contributed by atoms with E-state index in [2.05, 4.69) is 11.5 Å². The molecule has 1 amide bonds. The van der Waals surface area contributed by atoms with Crippen LogP contribution in [0.25, 0.3) is 0 Å². The molecular weight excluding hydrogens is 216 g/mol. The molecule has 5 heteroatoms. The standard InChI is InChI=1S/C12H16N4O/c1-16(8-2-3-12(17)15-14)11-6-4-10(9-13)5-7-11/h4-7H,2-3,8,14H2,1H3,(H,15,17). The minimum atomic E-state index is -0.154. The molecule has 0 radical (unpaired) electrons. The minimum Gasteiger partial charge on any atom is -0.375 e. The first kappa shape index (κ1) is 13.0. The average molecular weight is 232 g/mol. The molecule has 0 saturated heterocycles. The van der Waals surface area contributed by atoms with E-state index in [1.165, 1.54) is 0 Å². The molecule has 0 atom stereocenters. The Morgan fingerprint density at radius 2 is 2.12 bits per heavy atom. The second-order valence-electron chi connectivity index (χ2n) is 3.75. The van der Waals surface area contributed by atoms with Crippen molar-refractivity contribution in [1.82, 2.24) is 5.43 Å². The van der Waals surface area contributed by atoms with Gasteiger partial charge < -0.3 is 4.90 Å². The molecule has 0 aliphatic heterocycles. The summed E-state index contributed by atoms with van der Waals surface area (Å²) in [5.74, 6) is 4.83. The highest BCUT2D eigenvalue weighted by Gasteiger charge is 2.03. The number of hydrogen-bond acceptors (Lipinski definition) is 4. The van der Waals surface area contributed by atoms with Crippen molar-refractivity contribution in [3.63, 3.8) is 0 Å². The molecule has 17 heavy (non-hydrogen) atoms. The SMILES string of the molecule is CN(CCCC(=O)NN)c1ccc(C#N)cc1. The number of carbonyl (C=O) groups excluding carboxylic acids is 1. The van der Waals surface area contributed by atoms with Gasteiger partial charge in [0.15, 0.2) is 0 Å². The van der Waals surface area contributed by atoms with Crippen LogP contribution in [-0.4, -0.2) is 19.5 Å². The summed E-state index contributed by atoms with van der Waals surface area (Å²) >= 11 is 0. The van der Waals surface area contributed by atoms with Crippen molar-refractivity contribution < 1.29 is 4.79 Å². The predicted molar refractivity (Wildman–Crippen MR) is 66.0 cm³/mol. The smallest absolute Gasteiger partial charge is 0.233 e. The van der Waals surface area contributed by atoms with Gasteiger partial charge in [0.05, 0.1) is 11.6 Å². The third-order valence-electron chi connectivity index (χ3n) is 2.50. The molecule has 0 saturated carbocycles. The molecule has 0 unspecified atom stereocenters. The summed E-state index contributed by atoms with van der Waals surface area (Å²) in [6.07, 6.45) is 1.15. The highest BCUT2D eigenvalue weighted by Crippen LogP contribution is 2.13. The minimum absolute atomic E-state index is 0.154. The zero-order valence-electron chi connectivity index (χ0n) is 9.81. The van der Waals surface area contributed by atoms with Crippen LogP contribution in [0, 0.1) is 11.3 Å². The maximum absolute atomic E-state index is 10.9. The highest BCUT2D eigenvalue weighted by atomic mass is 16.2. The number of nitrogens with two attached hydrogens (primary N) is 1. The van der Waals surface area contributed by atoms with E-state index in [0.717, 1.165) is 18.7 Å². The number of nitriles is 1. The summed E-state index contributed by atoms with van der Waals surface area (Å²) in [5, 5.41) is 8.68. The zero-order valence-corrected chi connectivity index (χ0v) is 9.81. The number of nitrogens with zero attached hydrogens (tertiary/aromatic N) is 2. The Labute approximate surface area is 101 Å². The van der Waals surface area contributed by atoms with Gasteiger partial charge in [-0.3, -0.25) is 10.2 Å². The van der Waals surface area contributed by atoms with E-state index in [1.54, 1.807) is 12.1 Å². The Hall–Kier alpha value is -2.06. The van der Waals surface area contributed by atoms with Crippen LogP contribution in [0.3, 0.4) is 0 Å². The number of amides is 1. The van der Waals surface area contributed by atoms with E-state index in [-0.39, 0.29) is 5.91 Å². The molecule has 0 bridgehead atoms. The van der Waals surface area contributed by atoms with Crippen LogP contribution in [0.15, 0.2) is 24.3 Å². The topological polar surface area (TPSA) is 82.2 Å². The fraction of sp³-hybridized carbons (Fsp3) is 0.333. The van der Waals surface area contributed by atoms with Gasteiger partial charge in [0.2, 0.25) is 5.91 Å². The van der Waals surface area contributed by atoms with E-state index in [0.29, 0.717) is 12.0 Å². The summed E-state index contributed by atoms with van der Waals surface area (Å²) in [7, 11) is 1.95. The van der Waals surface area contributed by atoms with Crippen molar-refractivity contribution in [2.75, 3.05) is 18.5 Å². The van der Waals surface area contributed by atoms with Gasteiger partial charge in [0, 0.05) is 25.7 Å². The van der Waals surface area contributed by atoms with Gasteiger partial charge in [-0.2, -0.15) is 5.26 Å². The highest BCUT2D eigenvalue weighted by molar-refractivity contribution is 5.75. The van der Waals surface area contributed by atoms with Crippen molar-refractivity contribution in [3.8, 4) is 6.07 Å². The van der Waals surface area contributed by atoms with Gasteiger partial charge in [-0.15, -0.1) is 0 Å². The molecule has 5 nitrogen and oxygen atoms in total. The Morgan fingerprint density at radius 1 is 1.47 bits per heavy atom. The molecule has 1 aromatic carbocycles. The summed E-state index contributed by atoms with van der Waals surface area (Å²) in [5.41, 5.74) is 3.77. The lowest BCUT2D eigenvalue weighted by Crippen LogP contribution is -2.30. The van der Waals surface area contributed by atoms with E-state index < -0.39 is 0 Å². The monoisotopic (exact) mass is 232 g/mol. The van der Waals surface area contributed by atoms with Gasteiger partial charge >= 0.3 is 0 Å². The van der Waals surface area contributed by atoms with Gasteiger partial charge in [-0.05, 0) is 30.7 Å². The first-order chi connectivity index (χ1) is 8.17. The fourth-order valence-electron chi connectivity index (χ4n) is 1.47. The Morgan fingerprint density at radius 3 is 2.65 bits per heavy atom. The maximum Gasteiger partial charge on any atom is 0.233 e. The summed E-state index contributed by atoms with van der Waals surface area (Å²) in [4.78, 5) is 13.0. The van der Waals surface area contributed by atoms with Crippen LogP contribution in [0.4, 0.5) is 5.69 Å². The molecular formula is C12H16N4O. The van der Waals surface area contributed by atoms with Crippen molar-refractivity contribution in [2.24, 2.45) is 5.84 Å². The Kier molecular flexibility index (Phi) is 4.98. The Bertz CT molecular complexity index is 408. The molecule has 0 fully saturated rings. The van der Waals surface area contributed by atoms with E-state index in [9.17, 15) is 4.79 Å². The molecule has 0 heterocycles. The number of hydrazine groups is 1. The van der Waals surface area contributed by atoms with E-state index in [4.69, 9.17) is 11.1 Å². The van der Waals surface area contributed by atoms with Crippen molar-refractivity contribution in [1.29, 1.82) is 5.26 Å². The van der Waals surface area contributed by atoms with Gasteiger partial charge in [-0.25, -0.2) is 5.84 Å². The second-order valence-corrected chi connectivity index (χ2v) is 3.75. The normalized spacial score (nSPS) is 9.47. The number of benzene rings is 1.